The zero-order chi connectivity index (χ0) is 28.9. The third kappa shape index (κ3) is 5.52. The maximum Gasteiger partial charge on any atom is 0.416 e. The van der Waals surface area contributed by atoms with Gasteiger partial charge >= 0.3 is 12.4 Å². The largest absolute Gasteiger partial charge is 0.416 e. The number of pyridine rings is 1. The van der Waals surface area contributed by atoms with Gasteiger partial charge < -0.3 is 9.47 Å². The van der Waals surface area contributed by atoms with E-state index in [1.54, 1.807) is 42.5 Å². The number of benzene rings is 3. The van der Waals surface area contributed by atoms with E-state index in [-0.39, 0.29) is 22.2 Å². The Morgan fingerprint density at radius 1 is 0.923 bits per heavy atom. The van der Waals surface area contributed by atoms with Crippen LogP contribution in [0.3, 0.4) is 0 Å². The highest BCUT2D eigenvalue weighted by molar-refractivity contribution is 6.34. The average molecular weight is 567 g/mol. The number of hydrogen-bond acceptors (Lipinski definition) is 2. The molecule has 1 heterocycles. The van der Waals surface area contributed by atoms with Gasteiger partial charge in [0.05, 0.1) is 16.6 Å². The third-order valence-electron chi connectivity index (χ3n) is 6.32. The zero-order valence-corrected chi connectivity index (χ0v) is 21.6. The topological polar surface area (TPSA) is 42.3 Å². The van der Waals surface area contributed by atoms with Gasteiger partial charge in [-0.2, -0.15) is 26.3 Å². The summed E-state index contributed by atoms with van der Waals surface area (Å²) in [5.41, 5.74) is -2.48. The minimum Gasteiger partial charge on any atom is -0.337 e. The van der Waals surface area contributed by atoms with Crippen molar-refractivity contribution in [3.8, 4) is 11.1 Å². The number of aromatic nitrogens is 1. The molecule has 0 fully saturated rings. The van der Waals surface area contributed by atoms with Crippen LogP contribution >= 0.6 is 11.6 Å². The summed E-state index contributed by atoms with van der Waals surface area (Å²) in [6.07, 6.45) is -10.1. The smallest absolute Gasteiger partial charge is 0.337 e. The van der Waals surface area contributed by atoms with Gasteiger partial charge in [0, 0.05) is 42.2 Å². The molecule has 3 aromatic carbocycles. The lowest BCUT2D eigenvalue weighted by atomic mass is 9.94. The van der Waals surface area contributed by atoms with Gasteiger partial charge in [-0.15, -0.1) is 0 Å². The highest BCUT2D eigenvalue weighted by Crippen LogP contribution is 2.38. The van der Waals surface area contributed by atoms with Crippen LogP contribution in [0.2, 0.25) is 5.02 Å². The van der Waals surface area contributed by atoms with Crippen LogP contribution in [0.15, 0.2) is 65.5 Å². The molecule has 0 unspecified atom stereocenters. The molecule has 0 radical (unpaired) electrons. The van der Waals surface area contributed by atoms with E-state index in [0.29, 0.717) is 28.6 Å². The molecule has 39 heavy (non-hydrogen) atoms. The molecule has 0 bridgehead atoms. The van der Waals surface area contributed by atoms with Crippen LogP contribution in [-0.2, 0) is 25.9 Å². The maximum absolute atomic E-state index is 13.7. The van der Waals surface area contributed by atoms with Crippen molar-refractivity contribution in [2.75, 3.05) is 7.05 Å². The molecule has 0 saturated carbocycles. The molecule has 0 saturated heterocycles. The minimum atomic E-state index is -5.04. The summed E-state index contributed by atoms with van der Waals surface area (Å²) in [7, 11) is 2.67. The summed E-state index contributed by atoms with van der Waals surface area (Å²) in [6.45, 7) is 1.20. The Labute approximate surface area is 224 Å². The Morgan fingerprint density at radius 2 is 1.51 bits per heavy atom. The summed E-state index contributed by atoms with van der Waals surface area (Å²) >= 11 is 6.45. The van der Waals surface area contributed by atoms with Crippen molar-refractivity contribution in [3.63, 3.8) is 0 Å². The van der Waals surface area contributed by atoms with Crippen molar-refractivity contribution >= 4 is 28.4 Å². The van der Waals surface area contributed by atoms with Crippen LogP contribution in [0.1, 0.15) is 32.6 Å². The second kappa shape index (κ2) is 10.1. The molecule has 1 aromatic heterocycles. The Bertz CT molecular complexity index is 1630. The molecule has 11 heteroatoms. The fourth-order valence-corrected chi connectivity index (χ4v) is 4.68. The SMILES string of the molecule is Cc1ccc2c(c1)c(-c1ccccc1Cl)c(C(=O)N(C)Cc1cc(C(F)(F)F)cc(C(F)(F)F)c1)c(=O)n2C. The van der Waals surface area contributed by atoms with Crippen LogP contribution in [0, 0.1) is 6.92 Å². The van der Waals surface area contributed by atoms with E-state index in [4.69, 9.17) is 11.6 Å². The van der Waals surface area contributed by atoms with Crippen molar-refractivity contribution in [3.05, 3.63) is 104 Å². The van der Waals surface area contributed by atoms with Crippen LogP contribution in [-0.4, -0.2) is 22.4 Å². The number of alkyl halides is 6. The van der Waals surface area contributed by atoms with E-state index in [0.717, 1.165) is 10.5 Å². The number of rotatable bonds is 4. The molecule has 204 valence electrons. The van der Waals surface area contributed by atoms with E-state index in [1.807, 2.05) is 6.92 Å². The summed E-state index contributed by atoms with van der Waals surface area (Å²) in [6, 6.07) is 12.9. The van der Waals surface area contributed by atoms with Gasteiger partial charge in [-0.1, -0.05) is 41.4 Å². The Morgan fingerprint density at radius 3 is 2.08 bits per heavy atom. The molecule has 0 aliphatic heterocycles. The fourth-order valence-electron chi connectivity index (χ4n) is 4.45. The second-order valence-electron chi connectivity index (χ2n) is 9.19. The molecule has 4 nitrogen and oxygen atoms in total. The van der Waals surface area contributed by atoms with Crippen LogP contribution < -0.4 is 5.56 Å². The standard InChI is InChI=1S/C28H21ClF6N2O2/c1-15-8-9-22-20(10-15)23(19-6-4-5-7-21(19)29)24(26(39)37(22)3)25(38)36(2)14-16-11-17(27(30,31)32)13-18(12-16)28(33,34)35/h4-13H,14H2,1-3H3. The van der Waals surface area contributed by atoms with E-state index in [2.05, 4.69) is 0 Å². The predicted octanol–water partition coefficient (Wildman–Crippen LogP) is 7.48. The molecule has 0 spiro atoms. The lowest BCUT2D eigenvalue weighted by Crippen LogP contribution is -2.34. The Kier molecular flexibility index (Phi) is 7.29. The highest BCUT2D eigenvalue weighted by Gasteiger charge is 2.37. The van der Waals surface area contributed by atoms with Gasteiger partial charge in [0.1, 0.15) is 5.56 Å². The molecule has 1 amide bonds. The first-order valence-electron chi connectivity index (χ1n) is 11.5. The number of amides is 1. The minimum absolute atomic E-state index is 0.0161. The molecule has 0 aliphatic rings. The molecule has 4 rings (SSSR count). The highest BCUT2D eigenvalue weighted by atomic mass is 35.5. The van der Waals surface area contributed by atoms with E-state index < -0.39 is 47.1 Å². The number of hydrogen-bond donors (Lipinski definition) is 0. The molecule has 0 atom stereocenters. The van der Waals surface area contributed by atoms with Crippen molar-refractivity contribution in [2.45, 2.75) is 25.8 Å². The lowest BCUT2D eigenvalue weighted by Gasteiger charge is -2.22. The first kappa shape index (κ1) is 28.2. The Hall–Kier alpha value is -3.79. The first-order chi connectivity index (χ1) is 18.1. The molecular weight excluding hydrogens is 546 g/mol. The molecule has 0 N–H and O–H groups in total. The van der Waals surface area contributed by atoms with Gasteiger partial charge in [0.25, 0.3) is 11.5 Å². The van der Waals surface area contributed by atoms with Crippen molar-refractivity contribution < 1.29 is 31.1 Å². The first-order valence-corrected chi connectivity index (χ1v) is 11.9. The predicted molar refractivity (Wildman–Crippen MR) is 137 cm³/mol. The number of carbonyl (C=O) groups excluding carboxylic acids is 1. The fraction of sp³-hybridized carbons (Fsp3) is 0.214. The summed E-state index contributed by atoms with van der Waals surface area (Å²) in [5, 5.41) is 0.776. The number of aryl methyl sites for hydroxylation is 2. The summed E-state index contributed by atoms with van der Waals surface area (Å²) in [5.74, 6) is -0.889. The second-order valence-corrected chi connectivity index (χ2v) is 9.60. The van der Waals surface area contributed by atoms with Crippen LogP contribution in [0.5, 0.6) is 0 Å². The van der Waals surface area contributed by atoms with E-state index in [9.17, 15) is 35.9 Å². The molecule has 0 aliphatic carbocycles. The maximum atomic E-state index is 13.7. The van der Waals surface area contributed by atoms with Crippen molar-refractivity contribution in [2.24, 2.45) is 7.05 Å². The average Bonchev–Trinajstić information content (AvgIpc) is 2.85. The van der Waals surface area contributed by atoms with Gasteiger partial charge in [-0.3, -0.25) is 9.59 Å². The van der Waals surface area contributed by atoms with Crippen LogP contribution in [0.25, 0.3) is 22.0 Å². The number of nitrogens with zero attached hydrogens (tertiary/aromatic N) is 2. The quantitative estimate of drug-likeness (QED) is 0.240. The van der Waals surface area contributed by atoms with E-state index in [1.165, 1.54) is 18.7 Å². The lowest BCUT2D eigenvalue weighted by molar-refractivity contribution is -0.143. The summed E-state index contributed by atoms with van der Waals surface area (Å²) in [4.78, 5) is 28.2. The van der Waals surface area contributed by atoms with Gasteiger partial charge in [0.15, 0.2) is 0 Å². The molecule has 4 aromatic rings. The zero-order valence-electron chi connectivity index (χ0n) is 20.8. The van der Waals surface area contributed by atoms with Gasteiger partial charge in [-0.25, -0.2) is 0 Å². The normalized spacial score (nSPS) is 12.2. The number of halogens is 7. The number of fused-ring (bicyclic) bond motifs is 1. The number of carbonyl (C=O) groups is 1. The van der Waals surface area contributed by atoms with Crippen molar-refractivity contribution in [1.82, 2.24) is 9.47 Å². The monoisotopic (exact) mass is 566 g/mol. The van der Waals surface area contributed by atoms with Crippen molar-refractivity contribution in [1.29, 1.82) is 0 Å². The van der Waals surface area contributed by atoms with Crippen LogP contribution in [0.4, 0.5) is 26.3 Å². The molecular formula is C28H21ClF6N2O2. The summed E-state index contributed by atoms with van der Waals surface area (Å²) < 4.78 is 81.4. The third-order valence-corrected chi connectivity index (χ3v) is 6.65. The Balaban J connectivity index is 1.90. The van der Waals surface area contributed by atoms with E-state index >= 15 is 0 Å². The van der Waals surface area contributed by atoms with Gasteiger partial charge in [-0.05, 0) is 48.9 Å². The van der Waals surface area contributed by atoms with Gasteiger partial charge in [0.2, 0.25) is 0 Å².